The highest BCUT2D eigenvalue weighted by molar-refractivity contribution is 5.96. The number of phenolic OH excluding ortho intramolecular Hbond substituents is 1. The number of carbonyl (C=O) groups is 2. The summed E-state index contributed by atoms with van der Waals surface area (Å²) < 4.78 is 31.3. The van der Waals surface area contributed by atoms with Crippen molar-refractivity contribution in [3.8, 4) is 28.5 Å². The maximum absolute atomic E-state index is 14.3. The molecule has 246 valence electrons. The first-order valence-electron chi connectivity index (χ1n) is 15.9. The van der Waals surface area contributed by atoms with E-state index in [1.54, 1.807) is 18.2 Å². The Labute approximate surface area is 269 Å². The molecule has 0 bridgehead atoms. The lowest BCUT2D eigenvalue weighted by molar-refractivity contribution is 0.0487. The summed E-state index contributed by atoms with van der Waals surface area (Å²) in [6, 6.07) is 13.6. The molecular formula is C35H43FN4O6. The first kappa shape index (κ1) is 33.2. The third kappa shape index (κ3) is 9.40. The van der Waals surface area contributed by atoms with Crippen molar-refractivity contribution in [3.63, 3.8) is 0 Å². The number of ether oxygens (including phenoxy) is 3. The molecule has 2 aromatic carbocycles. The van der Waals surface area contributed by atoms with E-state index in [-0.39, 0.29) is 29.3 Å². The SMILES string of the molecule is CC(C)(C)OC(=O)NC1CCC(NC(=O)c2cc(F)cnc2Oc2cccc(-c3ccc(O)cc3CN3CCCOCC3)c2)CC1. The van der Waals surface area contributed by atoms with Gasteiger partial charge in [-0.3, -0.25) is 9.69 Å². The van der Waals surface area contributed by atoms with E-state index in [0.29, 0.717) is 44.6 Å². The number of benzene rings is 2. The van der Waals surface area contributed by atoms with Crippen LogP contribution in [0.15, 0.2) is 54.7 Å². The lowest BCUT2D eigenvalue weighted by Crippen LogP contribution is -2.45. The minimum Gasteiger partial charge on any atom is -0.508 e. The number of phenols is 1. The van der Waals surface area contributed by atoms with Gasteiger partial charge < -0.3 is 30.0 Å². The zero-order valence-corrected chi connectivity index (χ0v) is 26.7. The average molecular weight is 635 g/mol. The molecule has 0 atom stereocenters. The molecule has 11 heteroatoms. The largest absolute Gasteiger partial charge is 0.508 e. The minimum absolute atomic E-state index is 0.00638. The second kappa shape index (κ2) is 14.9. The number of aromatic nitrogens is 1. The quantitative estimate of drug-likeness (QED) is 0.269. The van der Waals surface area contributed by atoms with E-state index in [1.807, 2.05) is 45.0 Å². The van der Waals surface area contributed by atoms with Crippen LogP contribution in [0.3, 0.4) is 0 Å². The van der Waals surface area contributed by atoms with Crippen molar-refractivity contribution in [1.29, 1.82) is 0 Å². The van der Waals surface area contributed by atoms with E-state index in [9.17, 15) is 19.1 Å². The number of amides is 2. The van der Waals surface area contributed by atoms with E-state index in [1.165, 1.54) is 0 Å². The van der Waals surface area contributed by atoms with Gasteiger partial charge in [-0.1, -0.05) is 18.2 Å². The van der Waals surface area contributed by atoms with Crippen LogP contribution >= 0.6 is 0 Å². The van der Waals surface area contributed by atoms with Gasteiger partial charge in [-0.2, -0.15) is 0 Å². The maximum atomic E-state index is 14.3. The summed E-state index contributed by atoms with van der Waals surface area (Å²) >= 11 is 0. The Morgan fingerprint density at radius 2 is 1.78 bits per heavy atom. The molecule has 2 fully saturated rings. The van der Waals surface area contributed by atoms with Crippen LogP contribution in [0, 0.1) is 5.82 Å². The molecule has 1 saturated heterocycles. The Bertz CT molecular complexity index is 1510. The first-order chi connectivity index (χ1) is 22.0. The maximum Gasteiger partial charge on any atom is 0.407 e. The third-order valence-electron chi connectivity index (χ3n) is 8.00. The van der Waals surface area contributed by atoms with Crippen LogP contribution in [-0.2, 0) is 16.0 Å². The highest BCUT2D eigenvalue weighted by atomic mass is 19.1. The molecule has 0 spiro atoms. The summed E-state index contributed by atoms with van der Waals surface area (Å²) in [5, 5.41) is 16.1. The second-order valence-electron chi connectivity index (χ2n) is 12.9. The Hall–Kier alpha value is -4.22. The highest BCUT2D eigenvalue weighted by Gasteiger charge is 2.27. The van der Waals surface area contributed by atoms with Gasteiger partial charge in [-0.15, -0.1) is 0 Å². The molecule has 10 nitrogen and oxygen atoms in total. The number of hydrogen-bond acceptors (Lipinski definition) is 8. The predicted molar refractivity (Wildman–Crippen MR) is 171 cm³/mol. The van der Waals surface area contributed by atoms with Crippen LogP contribution in [0.4, 0.5) is 9.18 Å². The van der Waals surface area contributed by atoms with Gasteiger partial charge in [0.15, 0.2) is 0 Å². The van der Waals surface area contributed by atoms with Crippen molar-refractivity contribution < 1.29 is 33.3 Å². The molecule has 3 N–H and O–H groups in total. The Kier molecular flexibility index (Phi) is 10.7. The summed E-state index contributed by atoms with van der Waals surface area (Å²) in [7, 11) is 0. The standard InChI is InChI=1S/C35H43FN4O6/c1-35(2,3)46-34(43)39-27-10-8-26(9-11-27)38-32(42)31-20-25(36)21-37-33(31)45-29-7-4-6-23(19-29)30-13-12-28(41)18-24(30)22-40-14-5-16-44-17-15-40/h4,6-7,12-13,18-21,26-27,41H,5,8-11,14-17,22H2,1-3H3,(H,38,42)(H,39,43). The van der Waals surface area contributed by atoms with Gasteiger partial charge in [-0.25, -0.2) is 14.2 Å². The topological polar surface area (TPSA) is 122 Å². The summed E-state index contributed by atoms with van der Waals surface area (Å²) in [6.45, 7) is 9.23. The van der Waals surface area contributed by atoms with Gasteiger partial charge in [0.2, 0.25) is 5.88 Å². The molecule has 0 unspecified atom stereocenters. The fraction of sp³-hybridized carbons (Fsp3) is 0.457. The van der Waals surface area contributed by atoms with E-state index in [0.717, 1.165) is 55.1 Å². The molecule has 5 rings (SSSR count). The molecule has 2 heterocycles. The van der Waals surface area contributed by atoms with Crippen LogP contribution in [-0.4, -0.2) is 71.0 Å². The normalized spacial score (nSPS) is 19.1. The van der Waals surface area contributed by atoms with Gasteiger partial charge in [0.1, 0.15) is 28.5 Å². The fourth-order valence-corrected chi connectivity index (χ4v) is 5.82. The lowest BCUT2D eigenvalue weighted by Gasteiger charge is -2.30. The molecule has 0 radical (unpaired) electrons. The summed E-state index contributed by atoms with van der Waals surface area (Å²) in [5.41, 5.74) is 2.19. The van der Waals surface area contributed by atoms with Gasteiger partial charge in [-0.05, 0) is 99.9 Å². The van der Waals surface area contributed by atoms with E-state index in [2.05, 4.69) is 20.5 Å². The van der Waals surface area contributed by atoms with Crippen LogP contribution in [0.1, 0.15) is 68.8 Å². The van der Waals surface area contributed by atoms with Crippen LogP contribution in [0.5, 0.6) is 17.4 Å². The minimum atomic E-state index is -0.649. The summed E-state index contributed by atoms with van der Waals surface area (Å²) in [5.74, 6) is -0.516. The van der Waals surface area contributed by atoms with Crippen LogP contribution < -0.4 is 15.4 Å². The number of carbonyl (C=O) groups excluding carboxylic acids is 2. The van der Waals surface area contributed by atoms with Crippen molar-refractivity contribution in [2.75, 3.05) is 26.3 Å². The Morgan fingerprint density at radius 1 is 1.02 bits per heavy atom. The molecule has 1 aliphatic heterocycles. The highest BCUT2D eigenvalue weighted by Crippen LogP contribution is 2.33. The van der Waals surface area contributed by atoms with E-state index in [4.69, 9.17) is 14.2 Å². The summed E-state index contributed by atoms with van der Waals surface area (Å²) in [4.78, 5) is 31.9. The van der Waals surface area contributed by atoms with E-state index >= 15 is 0 Å². The number of rotatable bonds is 8. The third-order valence-corrected chi connectivity index (χ3v) is 8.00. The summed E-state index contributed by atoms with van der Waals surface area (Å²) in [6.07, 6.45) is 4.15. The molecule has 46 heavy (non-hydrogen) atoms. The number of alkyl carbamates (subject to hydrolysis) is 1. The van der Waals surface area contributed by atoms with Crippen molar-refractivity contribution in [3.05, 3.63) is 71.7 Å². The molecule has 2 amide bonds. The number of pyridine rings is 1. The molecule has 1 aromatic heterocycles. The van der Waals surface area contributed by atoms with Crippen molar-refractivity contribution in [1.82, 2.24) is 20.5 Å². The van der Waals surface area contributed by atoms with E-state index < -0.39 is 23.4 Å². The molecular weight excluding hydrogens is 591 g/mol. The zero-order chi connectivity index (χ0) is 32.7. The Balaban J connectivity index is 1.26. The average Bonchev–Trinajstić information content (AvgIpc) is 3.27. The van der Waals surface area contributed by atoms with Crippen molar-refractivity contribution in [2.45, 2.75) is 77.1 Å². The Morgan fingerprint density at radius 3 is 2.54 bits per heavy atom. The fourth-order valence-electron chi connectivity index (χ4n) is 5.82. The van der Waals surface area contributed by atoms with Gasteiger partial charge in [0.05, 0.1) is 12.8 Å². The number of nitrogens with one attached hydrogen (secondary N) is 2. The first-order valence-corrected chi connectivity index (χ1v) is 15.9. The predicted octanol–water partition coefficient (Wildman–Crippen LogP) is 6.17. The van der Waals surface area contributed by atoms with Gasteiger partial charge in [0, 0.05) is 38.3 Å². The molecule has 1 aliphatic carbocycles. The zero-order valence-electron chi connectivity index (χ0n) is 26.7. The van der Waals surface area contributed by atoms with Crippen molar-refractivity contribution in [2.24, 2.45) is 0 Å². The monoisotopic (exact) mass is 634 g/mol. The van der Waals surface area contributed by atoms with Crippen LogP contribution in [0.25, 0.3) is 11.1 Å². The number of hydrogen-bond donors (Lipinski definition) is 3. The smallest absolute Gasteiger partial charge is 0.407 e. The van der Waals surface area contributed by atoms with Gasteiger partial charge >= 0.3 is 6.09 Å². The van der Waals surface area contributed by atoms with Crippen LogP contribution in [0.2, 0.25) is 0 Å². The number of aromatic hydroxyl groups is 1. The molecule has 1 saturated carbocycles. The molecule has 2 aliphatic rings. The number of halogens is 1. The molecule has 3 aromatic rings. The second-order valence-corrected chi connectivity index (χ2v) is 12.9. The van der Waals surface area contributed by atoms with Gasteiger partial charge in [0.25, 0.3) is 5.91 Å². The lowest BCUT2D eigenvalue weighted by atomic mass is 9.91. The number of nitrogens with zero attached hydrogens (tertiary/aromatic N) is 2. The van der Waals surface area contributed by atoms with Crippen molar-refractivity contribution >= 4 is 12.0 Å².